The van der Waals surface area contributed by atoms with Crippen LogP contribution < -0.4 is 0 Å². The molecular weight excluding hydrogens is 624 g/mol. The van der Waals surface area contributed by atoms with Crippen molar-refractivity contribution in [1.29, 1.82) is 0 Å². The van der Waals surface area contributed by atoms with Crippen LogP contribution in [0.25, 0.3) is 0 Å². The zero-order chi connectivity index (χ0) is 36.7. The molecule has 4 unspecified atom stereocenters. The number of ether oxygens (including phenoxy) is 2. The van der Waals surface area contributed by atoms with Crippen LogP contribution in [0.1, 0.15) is 233 Å². The van der Waals surface area contributed by atoms with Gasteiger partial charge in [-0.3, -0.25) is 19.2 Å². The Balaban J connectivity index is 0.000000500. The lowest BCUT2D eigenvalue weighted by Crippen LogP contribution is -2.07. The van der Waals surface area contributed by atoms with E-state index in [0.717, 1.165) is 37.5 Å². The molecule has 2 fully saturated rings. The van der Waals surface area contributed by atoms with Crippen molar-refractivity contribution in [2.24, 2.45) is 23.7 Å². The zero-order valence-electron chi connectivity index (χ0n) is 33.4. The van der Waals surface area contributed by atoms with Crippen molar-refractivity contribution in [1.82, 2.24) is 0 Å². The SMILES string of the molecule is CCCCCCCCCC(CC)CCCCCCC1CC(=O)OC1=O.CCCCCCCCCCC(CC)CCCCCC1CC(=O)OC1=O. The summed E-state index contributed by atoms with van der Waals surface area (Å²) in [6, 6.07) is 0. The van der Waals surface area contributed by atoms with Crippen molar-refractivity contribution in [3.8, 4) is 0 Å². The van der Waals surface area contributed by atoms with Crippen molar-refractivity contribution in [2.45, 2.75) is 233 Å². The molecule has 6 heteroatoms. The van der Waals surface area contributed by atoms with Gasteiger partial charge in [0.25, 0.3) is 0 Å². The summed E-state index contributed by atoms with van der Waals surface area (Å²) in [5, 5.41) is 0. The first kappa shape index (κ1) is 46.3. The monoisotopic (exact) mass is 705 g/mol. The van der Waals surface area contributed by atoms with Gasteiger partial charge in [-0.15, -0.1) is 0 Å². The summed E-state index contributed by atoms with van der Waals surface area (Å²) in [6.45, 7) is 9.19. The van der Waals surface area contributed by atoms with Gasteiger partial charge in [0.05, 0.1) is 24.7 Å². The second-order valence-electron chi connectivity index (χ2n) is 15.7. The van der Waals surface area contributed by atoms with E-state index in [9.17, 15) is 19.2 Å². The standard InChI is InChI=1S/2C22H40O3/c1-3-5-6-7-8-9-12-15-19(4-2)16-13-10-11-14-17-20-18-21(23)25-22(20)24;1-3-5-6-7-8-9-10-12-15-19(4-2)16-13-11-14-17-20-18-21(23)25-22(20)24/h2*19-20H,3-18H2,1-2H3. The Morgan fingerprint density at radius 2 is 0.700 bits per heavy atom. The maximum Gasteiger partial charge on any atom is 0.317 e. The van der Waals surface area contributed by atoms with Crippen LogP contribution in [0.5, 0.6) is 0 Å². The molecule has 0 amide bonds. The smallest absolute Gasteiger partial charge is 0.317 e. The molecule has 2 saturated heterocycles. The van der Waals surface area contributed by atoms with Gasteiger partial charge in [-0.1, -0.05) is 207 Å². The molecule has 4 atom stereocenters. The molecule has 292 valence electrons. The van der Waals surface area contributed by atoms with Crippen LogP contribution in [0, 0.1) is 23.7 Å². The molecule has 0 saturated carbocycles. The van der Waals surface area contributed by atoms with Gasteiger partial charge in [-0.2, -0.15) is 0 Å². The summed E-state index contributed by atoms with van der Waals surface area (Å²) in [5.41, 5.74) is 0. The molecule has 0 N–H and O–H groups in total. The molecule has 50 heavy (non-hydrogen) atoms. The van der Waals surface area contributed by atoms with E-state index < -0.39 is 0 Å². The molecule has 6 nitrogen and oxygen atoms in total. The van der Waals surface area contributed by atoms with Crippen molar-refractivity contribution < 1.29 is 28.7 Å². The molecule has 0 aromatic carbocycles. The van der Waals surface area contributed by atoms with Crippen molar-refractivity contribution in [2.75, 3.05) is 0 Å². The summed E-state index contributed by atoms with van der Waals surface area (Å²) in [7, 11) is 0. The van der Waals surface area contributed by atoms with Crippen LogP contribution in [-0.4, -0.2) is 23.9 Å². The first-order chi connectivity index (χ1) is 24.3. The average Bonchev–Trinajstić information content (AvgIpc) is 3.61. The molecule has 2 heterocycles. The Bertz CT molecular complexity index is 869. The molecule has 2 aliphatic rings. The summed E-state index contributed by atoms with van der Waals surface area (Å²) in [5.74, 6) is 0.172. The summed E-state index contributed by atoms with van der Waals surface area (Å²) >= 11 is 0. The van der Waals surface area contributed by atoms with Gasteiger partial charge in [-0.05, 0) is 24.7 Å². The molecule has 0 aromatic rings. The highest BCUT2D eigenvalue weighted by Gasteiger charge is 2.33. The molecule has 0 bridgehead atoms. The zero-order valence-corrected chi connectivity index (χ0v) is 33.4. The third kappa shape index (κ3) is 24.5. The van der Waals surface area contributed by atoms with E-state index in [0.29, 0.717) is 12.8 Å². The normalized spacial score (nSPS) is 18.6. The highest BCUT2D eigenvalue weighted by Crippen LogP contribution is 2.26. The van der Waals surface area contributed by atoms with E-state index in [4.69, 9.17) is 0 Å². The van der Waals surface area contributed by atoms with Gasteiger partial charge < -0.3 is 9.47 Å². The first-order valence-corrected chi connectivity index (χ1v) is 21.8. The van der Waals surface area contributed by atoms with Gasteiger partial charge in [-0.25, -0.2) is 0 Å². The Kier molecular flexibility index (Phi) is 29.6. The number of hydrogen-bond acceptors (Lipinski definition) is 6. The number of hydrogen-bond donors (Lipinski definition) is 0. The lowest BCUT2D eigenvalue weighted by atomic mass is 9.91. The predicted molar refractivity (Wildman–Crippen MR) is 207 cm³/mol. The fourth-order valence-corrected chi connectivity index (χ4v) is 7.72. The highest BCUT2D eigenvalue weighted by atomic mass is 16.6. The quantitative estimate of drug-likeness (QED) is 0.0393. The van der Waals surface area contributed by atoms with E-state index in [1.807, 2.05) is 0 Å². The third-order valence-electron chi connectivity index (χ3n) is 11.3. The van der Waals surface area contributed by atoms with Crippen LogP contribution in [0.4, 0.5) is 0 Å². The Hall–Kier alpha value is -1.72. The highest BCUT2D eigenvalue weighted by molar-refractivity contribution is 5.95. The van der Waals surface area contributed by atoms with Gasteiger partial charge in [0.2, 0.25) is 0 Å². The number of carbonyl (C=O) groups excluding carboxylic acids is 4. The largest absolute Gasteiger partial charge is 0.393 e. The van der Waals surface area contributed by atoms with Gasteiger partial charge in [0, 0.05) is 0 Å². The van der Waals surface area contributed by atoms with E-state index in [1.165, 1.54) is 167 Å². The Morgan fingerprint density at radius 3 is 0.980 bits per heavy atom. The minimum atomic E-state index is -0.342. The lowest BCUT2D eigenvalue weighted by molar-refractivity contribution is -0.155. The predicted octanol–water partition coefficient (Wildman–Crippen LogP) is 13.2. The molecule has 2 rings (SSSR count). The van der Waals surface area contributed by atoms with Gasteiger partial charge in [0.1, 0.15) is 0 Å². The second-order valence-corrected chi connectivity index (χ2v) is 15.7. The van der Waals surface area contributed by atoms with Crippen LogP contribution in [0.15, 0.2) is 0 Å². The molecule has 0 aromatic heterocycles. The molecular formula is C44H80O6. The minimum Gasteiger partial charge on any atom is -0.393 e. The minimum absolute atomic E-state index is 0.159. The Labute approximate surface area is 308 Å². The number of cyclic esters (lactones) is 4. The summed E-state index contributed by atoms with van der Waals surface area (Å²) < 4.78 is 9.19. The molecule has 0 spiro atoms. The third-order valence-corrected chi connectivity index (χ3v) is 11.3. The maximum atomic E-state index is 11.4. The fraction of sp³-hybridized carbons (Fsp3) is 0.909. The van der Waals surface area contributed by atoms with E-state index in [2.05, 4.69) is 37.2 Å². The van der Waals surface area contributed by atoms with E-state index in [-0.39, 0.29) is 35.7 Å². The van der Waals surface area contributed by atoms with E-state index >= 15 is 0 Å². The average molecular weight is 705 g/mol. The number of rotatable bonds is 32. The van der Waals surface area contributed by atoms with Crippen LogP contribution in [-0.2, 0) is 28.7 Å². The molecule has 2 aliphatic heterocycles. The topological polar surface area (TPSA) is 86.7 Å². The van der Waals surface area contributed by atoms with Crippen molar-refractivity contribution in [3.63, 3.8) is 0 Å². The second kappa shape index (κ2) is 32.0. The lowest BCUT2D eigenvalue weighted by Gasteiger charge is -2.14. The summed E-state index contributed by atoms with van der Waals surface area (Å²) in [4.78, 5) is 44.9. The van der Waals surface area contributed by atoms with Crippen molar-refractivity contribution >= 4 is 23.9 Å². The number of carbonyl (C=O) groups is 4. The van der Waals surface area contributed by atoms with Crippen LogP contribution in [0.3, 0.4) is 0 Å². The first-order valence-electron chi connectivity index (χ1n) is 21.8. The molecule has 0 aliphatic carbocycles. The maximum absolute atomic E-state index is 11.4. The molecule has 0 radical (unpaired) electrons. The fourth-order valence-electron chi connectivity index (χ4n) is 7.72. The van der Waals surface area contributed by atoms with Crippen LogP contribution >= 0.6 is 0 Å². The Morgan fingerprint density at radius 1 is 0.420 bits per heavy atom. The van der Waals surface area contributed by atoms with Crippen LogP contribution in [0.2, 0.25) is 0 Å². The number of unbranched alkanes of at least 4 members (excludes halogenated alkanes) is 18. The van der Waals surface area contributed by atoms with E-state index in [1.54, 1.807) is 0 Å². The van der Waals surface area contributed by atoms with Crippen molar-refractivity contribution in [3.05, 3.63) is 0 Å². The van der Waals surface area contributed by atoms with Gasteiger partial charge in [0.15, 0.2) is 0 Å². The summed E-state index contributed by atoms with van der Waals surface area (Å²) in [6.07, 6.45) is 39.6. The number of esters is 4. The van der Waals surface area contributed by atoms with Gasteiger partial charge >= 0.3 is 23.9 Å².